The third-order valence-electron chi connectivity index (χ3n) is 4.93. The molecular formula is C19H25IN6O. The Hall–Kier alpha value is -2.10. The Kier molecular flexibility index (Phi) is 6.35. The van der Waals surface area contributed by atoms with Crippen LogP contribution >= 0.6 is 24.0 Å². The summed E-state index contributed by atoms with van der Waals surface area (Å²) in [5.74, 6) is 3.70. The van der Waals surface area contributed by atoms with Crippen LogP contribution < -0.4 is 10.6 Å². The van der Waals surface area contributed by atoms with Gasteiger partial charge in [-0.2, -0.15) is 0 Å². The van der Waals surface area contributed by atoms with Crippen LogP contribution in [0.15, 0.2) is 33.7 Å². The minimum Gasteiger partial charge on any atom is -0.459 e. The Morgan fingerprint density at radius 1 is 1.19 bits per heavy atom. The molecule has 2 N–H and O–H groups in total. The molecular weight excluding hydrogens is 455 g/mol. The Morgan fingerprint density at radius 2 is 2.00 bits per heavy atom. The first-order valence-electron chi connectivity index (χ1n) is 9.08. The van der Waals surface area contributed by atoms with E-state index in [4.69, 9.17) is 4.42 Å². The van der Waals surface area contributed by atoms with Crippen molar-refractivity contribution in [2.24, 2.45) is 4.99 Å². The van der Waals surface area contributed by atoms with Gasteiger partial charge in [-0.05, 0) is 25.8 Å². The van der Waals surface area contributed by atoms with E-state index in [1.165, 1.54) is 12.8 Å². The van der Waals surface area contributed by atoms with Gasteiger partial charge in [-0.3, -0.25) is 4.99 Å². The van der Waals surface area contributed by atoms with E-state index in [-0.39, 0.29) is 24.0 Å². The number of benzene rings is 1. The van der Waals surface area contributed by atoms with Crippen LogP contribution in [0.5, 0.6) is 0 Å². The number of aryl methyl sites for hydroxylation is 2. The highest BCUT2D eigenvalue weighted by molar-refractivity contribution is 14.0. The quantitative estimate of drug-likeness (QED) is 0.341. The first kappa shape index (κ1) is 19.7. The number of furan rings is 1. The molecule has 0 spiro atoms. The van der Waals surface area contributed by atoms with Crippen molar-refractivity contribution in [3.63, 3.8) is 0 Å². The standard InChI is InChI=1S/C19H24N6O.HI/c1-13-14-7-3-4-8-15(14)26-16(13)11-21-19(20-2)22-12-18-24-23-17-9-5-6-10-25(17)18;/h3-4,7-8H,5-6,9-12H2,1-2H3,(H2,20,21,22);1H. The number of aromatic nitrogens is 3. The fourth-order valence-electron chi connectivity index (χ4n) is 3.44. The molecule has 3 aromatic rings. The van der Waals surface area contributed by atoms with E-state index in [2.05, 4.69) is 43.4 Å². The lowest BCUT2D eigenvalue weighted by molar-refractivity contribution is 0.504. The maximum absolute atomic E-state index is 5.95. The second kappa shape index (κ2) is 8.73. The number of fused-ring (bicyclic) bond motifs is 2. The molecule has 27 heavy (non-hydrogen) atoms. The molecule has 0 unspecified atom stereocenters. The van der Waals surface area contributed by atoms with E-state index in [9.17, 15) is 0 Å². The zero-order valence-corrected chi connectivity index (χ0v) is 18.0. The van der Waals surface area contributed by atoms with Crippen LogP contribution in [0.4, 0.5) is 0 Å². The lowest BCUT2D eigenvalue weighted by Crippen LogP contribution is -2.37. The second-order valence-corrected chi connectivity index (χ2v) is 6.57. The van der Waals surface area contributed by atoms with E-state index in [0.717, 1.165) is 52.9 Å². The summed E-state index contributed by atoms with van der Waals surface area (Å²) in [7, 11) is 1.76. The zero-order chi connectivity index (χ0) is 17.9. The average Bonchev–Trinajstić information content (AvgIpc) is 3.24. The third kappa shape index (κ3) is 4.10. The Labute approximate surface area is 175 Å². The van der Waals surface area contributed by atoms with Crippen LogP contribution in [0.1, 0.15) is 35.8 Å². The number of hydrogen-bond donors (Lipinski definition) is 2. The van der Waals surface area contributed by atoms with Gasteiger partial charge in [-0.25, -0.2) is 0 Å². The fraction of sp³-hybridized carbons (Fsp3) is 0.421. The summed E-state index contributed by atoms with van der Waals surface area (Å²) in [5.41, 5.74) is 2.08. The SMILES string of the molecule is CN=C(NCc1oc2ccccc2c1C)NCc1nnc2n1CCCC2.I. The Bertz CT molecular complexity index is 945. The van der Waals surface area contributed by atoms with Gasteiger partial charge in [0.15, 0.2) is 11.8 Å². The smallest absolute Gasteiger partial charge is 0.191 e. The first-order chi connectivity index (χ1) is 12.8. The Morgan fingerprint density at radius 3 is 2.81 bits per heavy atom. The number of nitrogens with one attached hydrogen (secondary N) is 2. The zero-order valence-electron chi connectivity index (χ0n) is 15.7. The van der Waals surface area contributed by atoms with Crippen molar-refractivity contribution in [3.05, 3.63) is 47.2 Å². The van der Waals surface area contributed by atoms with Gasteiger partial charge in [0.05, 0.1) is 13.1 Å². The number of nitrogens with zero attached hydrogens (tertiary/aromatic N) is 4. The topological polar surface area (TPSA) is 80.3 Å². The molecule has 1 aliphatic rings. The summed E-state index contributed by atoms with van der Waals surface area (Å²) in [6, 6.07) is 8.09. The third-order valence-corrected chi connectivity index (χ3v) is 4.93. The van der Waals surface area contributed by atoms with Crippen LogP contribution in [0.25, 0.3) is 11.0 Å². The monoisotopic (exact) mass is 480 g/mol. The van der Waals surface area contributed by atoms with Crippen LogP contribution in [0.2, 0.25) is 0 Å². The molecule has 3 heterocycles. The molecule has 0 amide bonds. The van der Waals surface area contributed by atoms with E-state index < -0.39 is 0 Å². The molecule has 4 rings (SSSR count). The predicted molar refractivity (Wildman–Crippen MR) is 116 cm³/mol. The molecule has 7 nitrogen and oxygen atoms in total. The van der Waals surface area contributed by atoms with Crippen LogP contribution in [-0.4, -0.2) is 27.8 Å². The highest BCUT2D eigenvalue weighted by atomic mass is 127. The average molecular weight is 480 g/mol. The summed E-state index contributed by atoms with van der Waals surface area (Å²) in [5, 5.41) is 16.4. The van der Waals surface area contributed by atoms with Gasteiger partial charge in [0, 0.05) is 31.0 Å². The molecule has 0 saturated carbocycles. The van der Waals surface area contributed by atoms with Gasteiger partial charge in [0.25, 0.3) is 0 Å². The van der Waals surface area contributed by atoms with E-state index in [0.29, 0.717) is 13.1 Å². The lowest BCUT2D eigenvalue weighted by Gasteiger charge is -2.16. The van der Waals surface area contributed by atoms with E-state index in [1.54, 1.807) is 7.05 Å². The molecule has 0 saturated heterocycles. The molecule has 144 valence electrons. The van der Waals surface area contributed by atoms with Crippen molar-refractivity contribution >= 4 is 40.9 Å². The molecule has 0 aliphatic carbocycles. The van der Waals surface area contributed by atoms with Gasteiger partial charge in [0.1, 0.15) is 17.2 Å². The van der Waals surface area contributed by atoms with E-state index >= 15 is 0 Å². The molecule has 8 heteroatoms. The normalized spacial score (nSPS) is 13.9. The molecule has 0 fully saturated rings. The van der Waals surface area contributed by atoms with Crippen LogP contribution in [0, 0.1) is 6.92 Å². The fourth-order valence-corrected chi connectivity index (χ4v) is 3.44. The molecule has 2 aromatic heterocycles. The summed E-state index contributed by atoms with van der Waals surface area (Å²) in [4.78, 5) is 4.29. The summed E-state index contributed by atoms with van der Waals surface area (Å²) in [6.07, 6.45) is 3.41. The molecule has 0 bridgehead atoms. The van der Waals surface area contributed by atoms with Crippen molar-refractivity contribution in [2.45, 2.75) is 45.8 Å². The predicted octanol–water partition coefficient (Wildman–Crippen LogP) is 3.15. The molecule has 0 atom stereocenters. The minimum absolute atomic E-state index is 0. The van der Waals surface area contributed by atoms with Crippen LogP contribution in [0.3, 0.4) is 0 Å². The summed E-state index contributed by atoms with van der Waals surface area (Å²) >= 11 is 0. The summed E-state index contributed by atoms with van der Waals surface area (Å²) < 4.78 is 8.16. The number of halogens is 1. The number of aliphatic imine (C=N–C) groups is 1. The molecule has 1 aromatic carbocycles. The second-order valence-electron chi connectivity index (χ2n) is 6.57. The van der Waals surface area contributed by atoms with Gasteiger partial charge in [-0.1, -0.05) is 18.2 Å². The highest BCUT2D eigenvalue weighted by Crippen LogP contribution is 2.24. The van der Waals surface area contributed by atoms with Crippen molar-refractivity contribution in [3.8, 4) is 0 Å². The number of hydrogen-bond acceptors (Lipinski definition) is 4. The highest BCUT2D eigenvalue weighted by Gasteiger charge is 2.16. The lowest BCUT2D eigenvalue weighted by atomic mass is 10.1. The molecule has 1 aliphatic heterocycles. The van der Waals surface area contributed by atoms with E-state index in [1.807, 2.05) is 18.2 Å². The van der Waals surface area contributed by atoms with Gasteiger partial charge >= 0.3 is 0 Å². The number of guanidine groups is 1. The minimum atomic E-state index is 0. The maximum atomic E-state index is 5.95. The van der Waals surface area contributed by atoms with Gasteiger partial charge < -0.3 is 19.6 Å². The maximum Gasteiger partial charge on any atom is 0.191 e. The molecule has 0 radical (unpaired) electrons. The van der Waals surface area contributed by atoms with Gasteiger partial charge in [0.2, 0.25) is 0 Å². The summed E-state index contributed by atoms with van der Waals surface area (Å²) in [6.45, 7) is 4.27. The van der Waals surface area contributed by atoms with Crippen molar-refractivity contribution in [1.82, 2.24) is 25.4 Å². The van der Waals surface area contributed by atoms with Crippen LogP contribution in [-0.2, 0) is 26.1 Å². The first-order valence-corrected chi connectivity index (χ1v) is 9.08. The van der Waals surface area contributed by atoms with Crippen molar-refractivity contribution in [1.29, 1.82) is 0 Å². The largest absolute Gasteiger partial charge is 0.459 e. The van der Waals surface area contributed by atoms with Gasteiger partial charge in [-0.15, -0.1) is 34.2 Å². The van der Waals surface area contributed by atoms with Crippen molar-refractivity contribution < 1.29 is 4.42 Å². The number of rotatable bonds is 4. The van der Waals surface area contributed by atoms with Crippen molar-refractivity contribution in [2.75, 3.05) is 7.05 Å². The number of para-hydroxylation sites is 1. The Balaban J connectivity index is 0.00000210.